The van der Waals surface area contributed by atoms with E-state index in [0.717, 1.165) is 15.6 Å². The second kappa shape index (κ2) is 8.35. The molecule has 0 saturated carbocycles. The molecular formula is C20H21BrN4O2. The highest BCUT2D eigenvalue weighted by Crippen LogP contribution is 2.24. The second-order valence-electron chi connectivity index (χ2n) is 6.53. The van der Waals surface area contributed by atoms with Crippen LogP contribution in [0.5, 0.6) is 0 Å². The van der Waals surface area contributed by atoms with Gasteiger partial charge in [0.25, 0.3) is 5.89 Å². The first kappa shape index (κ1) is 19.1. The number of anilines is 1. The molecule has 1 heterocycles. The van der Waals surface area contributed by atoms with Crippen molar-refractivity contribution in [2.24, 2.45) is 0 Å². The summed E-state index contributed by atoms with van der Waals surface area (Å²) in [6.45, 7) is 5.95. The van der Waals surface area contributed by atoms with Gasteiger partial charge in [-0.1, -0.05) is 53.1 Å². The monoisotopic (exact) mass is 428 g/mol. The fraction of sp³-hybridized carbons (Fsp3) is 0.250. The van der Waals surface area contributed by atoms with Gasteiger partial charge >= 0.3 is 6.03 Å². The number of hydrogen-bond acceptors (Lipinski definition) is 4. The van der Waals surface area contributed by atoms with Gasteiger partial charge < -0.3 is 15.2 Å². The van der Waals surface area contributed by atoms with Crippen LogP contribution < -0.4 is 10.6 Å². The molecule has 27 heavy (non-hydrogen) atoms. The van der Waals surface area contributed by atoms with Crippen LogP contribution in [0.3, 0.4) is 0 Å². The third kappa shape index (κ3) is 4.74. The lowest BCUT2D eigenvalue weighted by molar-refractivity contribution is 0.249. The van der Waals surface area contributed by atoms with Crippen molar-refractivity contribution >= 4 is 27.6 Å². The summed E-state index contributed by atoms with van der Waals surface area (Å²) < 4.78 is 6.24. The molecule has 3 rings (SSSR count). The maximum atomic E-state index is 12.3. The van der Waals surface area contributed by atoms with E-state index in [-0.39, 0.29) is 18.0 Å². The van der Waals surface area contributed by atoms with Crippen LogP contribution in [0.15, 0.2) is 57.5 Å². The lowest BCUT2D eigenvalue weighted by Gasteiger charge is -2.16. The van der Waals surface area contributed by atoms with E-state index in [1.807, 2.05) is 57.2 Å². The number of aromatic nitrogens is 2. The van der Waals surface area contributed by atoms with Crippen molar-refractivity contribution in [3.8, 4) is 11.5 Å². The lowest BCUT2D eigenvalue weighted by atomic mass is 10.1. The van der Waals surface area contributed by atoms with Crippen LogP contribution in [0.25, 0.3) is 11.5 Å². The SMILES string of the molecule is CC(C)c1noc(-c2ccc(NC(=O)NC(C)c3ccccc3Br)cc2)n1. The van der Waals surface area contributed by atoms with E-state index in [9.17, 15) is 4.79 Å². The van der Waals surface area contributed by atoms with E-state index >= 15 is 0 Å². The first-order chi connectivity index (χ1) is 12.9. The molecule has 2 aromatic carbocycles. The Morgan fingerprint density at radius 1 is 1.07 bits per heavy atom. The zero-order valence-electron chi connectivity index (χ0n) is 15.4. The molecule has 0 aliphatic heterocycles. The third-order valence-electron chi connectivity index (χ3n) is 4.07. The van der Waals surface area contributed by atoms with Crippen LogP contribution in [0.4, 0.5) is 10.5 Å². The molecule has 2 N–H and O–H groups in total. The van der Waals surface area contributed by atoms with Crippen LogP contribution in [0.2, 0.25) is 0 Å². The molecule has 0 aliphatic carbocycles. The highest BCUT2D eigenvalue weighted by Gasteiger charge is 2.13. The summed E-state index contributed by atoms with van der Waals surface area (Å²) in [7, 11) is 0. The van der Waals surface area contributed by atoms with Crippen molar-refractivity contribution in [1.82, 2.24) is 15.5 Å². The Bertz CT molecular complexity index is 922. The topological polar surface area (TPSA) is 80.0 Å². The zero-order valence-corrected chi connectivity index (χ0v) is 16.9. The van der Waals surface area contributed by atoms with Crippen molar-refractivity contribution in [1.29, 1.82) is 0 Å². The molecule has 0 radical (unpaired) electrons. The molecular weight excluding hydrogens is 408 g/mol. The predicted octanol–water partition coefficient (Wildman–Crippen LogP) is 5.51. The molecule has 0 spiro atoms. The van der Waals surface area contributed by atoms with Gasteiger partial charge in [0.05, 0.1) is 6.04 Å². The standard InChI is InChI=1S/C20H21BrN4O2/c1-12(2)18-24-19(27-25-18)14-8-10-15(11-9-14)23-20(26)22-13(3)16-6-4-5-7-17(16)21/h4-13H,1-3H3,(H2,22,23,26). The summed E-state index contributed by atoms with van der Waals surface area (Å²) in [6, 6.07) is 14.7. The molecule has 1 atom stereocenters. The van der Waals surface area contributed by atoms with E-state index in [1.54, 1.807) is 12.1 Å². The zero-order chi connectivity index (χ0) is 19.4. The molecule has 3 aromatic rings. The number of amides is 2. The van der Waals surface area contributed by atoms with Crippen LogP contribution in [-0.4, -0.2) is 16.2 Å². The molecule has 7 heteroatoms. The quantitative estimate of drug-likeness (QED) is 0.561. The number of benzene rings is 2. The maximum Gasteiger partial charge on any atom is 0.319 e. The fourth-order valence-corrected chi connectivity index (χ4v) is 3.18. The normalized spacial score (nSPS) is 12.0. The summed E-state index contributed by atoms with van der Waals surface area (Å²) in [5, 5.41) is 9.72. The molecule has 1 unspecified atom stereocenters. The summed E-state index contributed by atoms with van der Waals surface area (Å²) in [5.74, 6) is 1.35. The number of hydrogen-bond donors (Lipinski definition) is 2. The number of carbonyl (C=O) groups is 1. The van der Waals surface area contributed by atoms with Gasteiger partial charge in [-0.25, -0.2) is 4.79 Å². The molecule has 0 aliphatic rings. The number of nitrogens with zero attached hydrogens (tertiary/aromatic N) is 2. The average molecular weight is 429 g/mol. The van der Waals surface area contributed by atoms with Crippen LogP contribution in [0, 0.1) is 0 Å². The van der Waals surface area contributed by atoms with Gasteiger partial charge in [-0.3, -0.25) is 0 Å². The van der Waals surface area contributed by atoms with Crippen molar-refractivity contribution in [3.05, 3.63) is 64.4 Å². The van der Waals surface area contributed by atoms with Crippen molar-refractivity contribution in [3.63, 3.8) is 0 Å². The summed E-state index contributed by atoms with van der Waals surface area (Å²) in [4.78, 5) is 16.6. The molecule has 6 nitrogen and oxygen atoms in total. The van der Waals surface area contributed by atoms with Gasteiger partial charge in [0.15, 0.2) is 5.82 Å². The first-order valence-electron chi connectivity index (χ1n) is 8.70. The van der Waals surface area contributed by atoms with Crippen LogP contribution >= 0.6 is 15.9 Å². The van der Waals surface area contributed by atoms with E-state index in [4.69, 9.17) is 4.52 Å². The van der Waals surface area contributed by atoms with Gasteiger partial charge in [-0.15, -0.1) is 0 Å². The molecule has 0 bridgehead atoms. The van der Waals surface area contributed by atoms with Gasteiger partial charge in [0.1, 0.15) is 0 Å². The largest absolute Gasteiger partial charge is 0.334 e. The second-order valence-corrected chi connectivity index (χ2v) is 7.39. The van der Waals surface area contributed by atoms with Crippen LogP contribution in [0.1, 0.15) is 44.1 Å². The summed E-state index contributed by atoms with van der Waals surface area (Å²) >= 11 is 3.50. The molecule has 0 fully saturated rings. The minimum atomic E-state index is -0.272. The van der Waals surface area contributed by atoms with Crippen molar-refractivity contribution in [2.75, 3.05) is 5.32 Å². The Hall–Kier alpha value is -2.67. The minimum Gasteiger partial charge on any atom is -0.334 e. The number of urea groups is 1. The number of rotatable bonds is 5. The van der Waals surface area contributed by atoms with Crippen molar-refractivity contribution < 1.29 is 9.32 Å². The van der Waals surface area contributed by atoms with Gasteiger partial charge in [0, 0.05) is 21.6 Å². The van der Waals surface area contributed by atoms with E-state index in [2.05, 4.69) is 36.7 Å². The molecule has 140 valence electrons. The first-order valence-corrected chi connectivity index (χ1v) is 9.49. The fourth-order valence-electron chi connectivity index (χ4n) is 2.55. The van der Waals surface area contributed by atoms with Gasteiger partial charge in [-0.2, -0.15) is 4.98 Å². The van der Waals surface area contributed by atoms with Crippen LogP contribution in [-0.2, 0) is 0 Å². The maximum absolute atomic E-state index is 12.3. The molecule has 0 saturated heterocycles. The summed E-state index contributed by atoms with van der Waals surface area (Å²) in [6.07, 6.45) is 0. The van der Waals surface area contributed by atoms with E-state index in [1.165, 1.54) is 0 Å². The van der Waals surface area contributed by atoms with Gasteiger partial charge in [0.2, 0.25) is 0 Å². The Morgan fingerprint density at radius 2 is 1.78 bits per heavy atom. The predicted molar refractivity (Wildman–Crippen MR) is 109 cm³/mol. The highest BCUT2D eigenvalue weighted by molar-refractivity contribution is 9.10. The smallest absolute Gasteiger partial charge is 0.319 e. The van der Waals surface area contributed by atoms with E-state index < -0.39 is 0 Å². The minimum absolute atomic E-state index is 0.132. The van der Waals surface area contributed by atoms with E-state index in [0.29, 0.717) is 17.4 Å². The summed E-state index contributed by atoms with van der Waals surface area (Å²) in [5.41, 5.74) is 2.50. The highest BCUT2D eigenvalue weighted by atomic mass is 79.9. The van der Waals surface area contributed by atoms with Crippen molar-refractivity contribution in [2.45, 2.75) is 32.7 Å². The Kier molecular flexibility index (Phi) is 5.91. The Balaban J connectivity index is 1.62. The lowest BCUT2D eigenvalue weighted by Crippen LogP contribution is -2.31. The molecule has 1 aromatic heterocycles. The Morgan fingerprint density at radius 3 is 2.41 bits per heavy atom. The Labute approximate surface area is 166 Å². The number of carbonyl (C=O) groups excluding carboxylic acids is 1. The number of halogens is 1. The third-order valence-corrected chi connectivity index (χ3v) is 4.79. The van der Waals surface area contributed by atoms with Gasteiger partial charge in [-0.05, 0) is 42.8 Å². The number of nitrogens with one attached hydrogen (secondary N) is 2. The average Bonchev–Trinajstić information content (AvgIpc) is 3.13. The molecule has 2 amide bonds.